The second-order valence-corrected chi connectivity index (χ2v) is 3.55. The maximum absolute atomic E-state index is 10.7. The van der Waals surface area contributed by atoms with Gasteiger partial charge in [0.25, 0.3) is 0 Å². The Morgan fingerprint density at radius 1 is 1.35 bits per heavy atom. The molecule has 84 valence electrons. The lowest BCUT2D eigenvalue weighted by Gasteiger charge is -1.92. The molecule has 6 nitrogen and oxygen atoms in total. The van der Waals surface area contributed by atoms with Gasteiger partial charge in [0.2, 0.25) is 5.95 Å². The number of rotatable bonds is 2. The number of carboxylic acids is 1. The fraction of sp³-hybridized carbons (Fsp3) is 0. The number of H-pyrrole nitrogens is 1. The molecule has 0 aliphatic rings. The van der Waals surface area contributed by atoms with Gasteiger partial charge in [0.05, 0.1) is 11.0 Å². The van der Waals surface area contributed by atoms with E-state index < -0.39 is 5.97 Å². The minimum Gasteiger partial charge on any atom is -0.476 e. The van der Waals surface area contributed by atoms with E-state index in [-0.39, 0.29) is 5.69 Å². The largest absolute Gasteiger partial charge is 0.476 e. The van der Waals surface area contributed by atoms with Crippen molar-refractivity contribution in [1.29, 1.82) is 0 Å². The summed E-state index contributed by atoms with van der Waals surface area (Å²) in [5.41, 5.74) is 1.71. The maximum Gasteiger partial charge on any atom is 0.356 e. The Bertz CT molecular complexity index is 665. The second kappa shape index (κ2) is 3.44. The smallest absolute Gasteiger partial charge is 0.356 e. The van der Waals surface area contributed by atoms with Crippen molar-refractivity contribution in [2.45, 2.75) is 0 Å². The highest BCUT2D eigenvalue weighted by Crippen LogP contribution is 2.13. The molecular formula is C11H8N4O2. The fourth-order valence-electron chi connectivity index (χ4n) is 1.61. The highest BCUT2D eigenvalue weighted by Gasteiger charge is 2.09. The first-order valence-electron chi connectivity index (χ1n) is 4.96. The van der Waals surface area contributed by atoms with E-state index in [1.54, 1.807) is 4.57 Å². The Labute approximate surface area is 95.6 Å². The van der Waals surface area contributed by atoms with Gasteiger partial charge in [0, 0.05) is 6.20 Å². The van der Waals surface area contributed by atoms with Crippen LogP contribution < -0.4 is 0 Å². The summed E-state index contributed by atoms with van der Waals surface area (Å²) in [5.74, 6) is -0.508. The van der Waals surface area contributed by atoms with Gasteiger partial charge >= 0.3 is 5.97 Å². The molecule has 0 saturated heterocycles. The standard InChI is InChI=1S/C11H8N4O2/c16-10(17)9-5-15(6-12-9)11-13-7-3-1-2-4-8(7)14-11/h1-6H,(H,13,14)(H,16,17). The molecule has 1 aromatic carbocycles. The molecule has 3 rings (SSSR count). The Morgan fingerprint density at radius 2 is 2.18 bits per heavy atom. The summed E-state index contributed by atoms with van der Waals surface area (Å²) < 4.78 is 1.55. The zero-order valence-electron chi connectivity index (χ0n) is 8.66. The van der Waals surface area contributed by atoms with Crippen molar-refractivity contribution >= 4 is 17.0 Å². The van der Waals surface area contributed by atoms with Crippen LogP contribution in [-0.4, -0.2) is 30.6 Å². The summed E-state index contributed by atoms with van der Waals surface area (Å²) in [6.45, 7) is 0. The highest BCUT2D eigenvalue weighted by atomic mass is 16.4. The van der Waals surface area contributed by atoms with Gasteiger partial charge in [-0.1, -0.05) is 12.1 Å². The van der Waals surface area contributed by atoms with E-state index in [0.717, 1.165) is 11.0 Å². The lowest BCUT2D eigenvalue weighted by atomic mass is 10.3. The van der Waals surface area contributed by atoms with Crippen LogP contribution in [0.5, 0.6) is 0 Å². The van der Waals surface area contributed by atoms with Gasteiger partial charge in [-0.2, -0.15) is 0 Å². The third-order valence-electron chi connectivity index (χ3n) is 2.42. The first-order valence-corrected chi connectivity index (χ1v) is 4.96. The number of aromatic amines is 1. The van der Waals surface area contributed by atoms with Gasteiger partial charge in [-0.15, -0.1) is 0 Å². The molecule has 2 heterocycles. The zero-order valence-corrected chi connectivity index (χ0v) is 8.66. The van der Waals surface area contributed by atoms with E-state index in [1.807, 2.05) is 24.3 Å². The normalized spacial score (nSPS) is 10.8. The lowest BCUT2D eigenvalue weighted by Crippen LogP contribution is -1.96. The molecule has 0 saturated carbocycles. The number of aromatic nitrogens is 4. The Balaban J connectivity index is 2.10. The SMILES string of the molecule is O=C(O)c1cn(-c2nc3ccccc3[nH]2)cn1. The van der Waals surface area contributed by atoms with E-state index in [4.69, 9.17) is 5.11 Å². The van der Waals surface area contributed by atoms with Gasteiger partial charge in [-0.3, -0.25) is 4.57 Å². The maximum atomic E-state index is 10.7. The summed E-state index contributed by atoms with van der Waals surface area (Å²) in [7, 11) is 0. The van der Waals surface area contributed by atoms with Gasteiger partial charge in [0.15, 0.2) is 5.69 Å². The van der Waals surface area contributed by atoms with Crippen LogP contribution in [-0.2, 0) is 0 Å². The van der Waals surface area contributed by atoms with Gasteiger partial charge in [-0.25, -0.2) is 14.8 Å². The van der Waals surface area contributed by atoms with Crippen molar-refractivity contribution in [2.75, 3.05) is 0 Å². The van der Waals surface area contributed by atoms with Crippen molar-refractivity contribution < 1.29 is 9.90 Å². The minimum absolute atomic E-state index is 0.00884. The predicted octanol–water partition coefficient (Wildman–Crippen LogP) is 1.45. The molecule has 0 aliphatic heterocycles. The van der Waals surface area contributed by atoms with Crippen molar-refractivity contribution in [1.82, 2.24) is 19.5 Å². The first-order chi connectivity index (χ1) is 8.24. The number of fused-ring (bicyclic) bond motifs is 1. The number of nitrogens with zero attached hydrogens (tertiary/aromatic N) is 3. The average molecular weight is 228 g/mol. The summed E-state index contributed by atoms with van der Waals surface area (Å²) in [5, 5.41) is 8.78. The highest BCUT2D eigenvalue weighted by molar-refractivity contribution is 5.85. The van der Waals surface area contributed by atoms with E-state index in [1.165, 1.54) is 12.5 Å². The molecule has 6 heteroatoms. The predicted molar refractivity (Wildman–Crippen MR) is 60.2 cm³/mol. The van der Waals surface area contributed by atoms with Crippen LogP contribution in [0, 0.1) is 0 Å². The van der Waals surface area contributed by atoms with Crippen LogP contribution in [0.25, 0.3) is 17.0 Å². The third kappa shape index (κ3) is 1.55. The van der Waals surface area contributed by atoms with Gasteiger partial charge < -0.3 is 10.1 Å². The number of aromatic carboxylic acids is 1. The van der Waals surface area contributed by atoms with E-state index in [2.05, 4.69) is 15.0 Å². The molecular weight excluding hydrogens is 220 g/mol. The van der Waals surface area contributed by atoms with Crippen molar-refractivity contribution in [3.63, 3.8) is 0 Å². The van der Waals surface area contributed by atoms with Crippen LogP contribution in [0.15, 0.2) is 36.8 Å². The fourth-order valence-corrected chi connectivity index (χ4v) is 1.61. The number of carbonyl (C=O) groups is 1. The van der Waals surface area contributed by atoms with Crippen molar-refractivity contribution in [3.8, 4) is 5.95 Å². The minimum atomic E-state index is -1.06. The first kappa shape index (κ1) is 9.59. The number of para-hydroxylation sites is 2. The van der Waals surface area contributed by atoms with E-state index in [0.29, 0.717) is 5.95 Å². The number of imidazole rings is 2. The average Bonchev–Trinajstić information content (AvgIpc) is 2.95. The zero-order chi connectivity index (χ0) is 11.8. The molecule has 3 aromatic rings. The molecule has 0 fully saturated rings. The van der Waals surface area contributed by atoms with Crippen molar-refractivity contribution in [3.05, 3.63) is 42.5 Å². The molecule has 2 aromatic heterocycles. The number of hydrogen-bond acceptors (Lipinski definition) is 3. The summed E-state index contributed by atoms with van der Waals surface area (Å²) in [6.07, 6.45) is 2.83. The topological polar surface area (TPSA) is 83.8 Å². The van der Waals surface area contributed by atoms with Crippen LogP contribution in [0.2, 0.25) is 0 Å². The summed E-state index contributed by atoms with van der Waals surface area (Å²) in [6, 6.07) is 7.58. The molecule has 0 atom stereocenters. The third-order valence-corrected chi connectivity index (χ3v) is 2.42. The summed E-state index contributed by atoms with van der Waals surface area (Å²) >= 11 is 0. The Kier molecular flexibility index (Phi) is 1.94. The number of nitrogens with one attached hydrogen (secondary N) is 1. The molecule has 0 bridgehead atoms. The molecule has 17 heavy (non-hydrogen) atoms. The molecule has 0 spiro atoms. The molecule has 0 amide bonds. The second-order valence-electron chi connectivity index (χ2n) is 3.55. The summed E-state index contributed by atoms with van der Waals surface area (Å²) in [4.78, 5) is 21.9. The molecule has 2 N–H and O–H groups in total. The van der Waals surface area contributed by atoms with Gasteiger partial charge in [0.1, 0.15) is 6.33 Å². The Hall–Kier alpha value is -2.63. The number of benzene rings is 1. The van der Waals surface area contributed by atoms with Crippen molar-refractivity contribution in [2.24, 2.45) is 0 Å². The molecule has 0 aliphatic carbocycles. The van der Waals surface area contributed by atoms with Gasteiger partial charge in [-0.05, 0) is 12.1 Å². The number of carboxylic acid groups (broad SMARTS) is 1. The molecule has 0 unspecified atom stereocenters. The van der Waals surface area contributed by atoms with E-state index in [9.17, 15) is 4.79 Å². The quantitative estimate of drug-likeness (QED) is 0.695. The van der Waals surface area contributed by atoms with E-state index >= 15 is 0 Å². The van der Waals surface area contributed by atoms with Crippen LogP contribution in [0.4, 0.5) is 0 Å². The van der Waals surface area contributed by atoms with Crippen LogP contribution >= 0.6 is 0 Å². The Morgan fingerprint density at radius 3 is 2.88 bits per heavy atom. The van der Waals surface area contributed by atoms with Crippen LogP contribution in [0.1, 0.15) is 10.5 Å². The molecule has 0 radical (unpaired) electrons. The monoisotopic (exact) mass is 228 g/mol. The number of hydrogen-bond donors (Lipinski definition) is 2. The van der Waals surface area contributed by atoms with Crippen LogP contribution in [0.3, 0.4) is 0 Å². The lowest BCUT2D eigenvalue weighted by molar-refractivity contribution is 0.0691.